The highest BCUT2D eigenvalue weighted by Gasteiger charge is 2.26. The van der Waals surface area contributed by atoms with Crippen LogP contribution >= 0.6 is 0 Å². The Kier molecular flexibility index (Phi) is 11.8. The van der Waals surface area contributed by atoms with Gasteiger partial charge in [0, 0.05) is 23.2 Å². The Hall–Kier alpha value is -5.74. The predicted molar refractivity (Wildman–Crippen MR) is 194 cm³/mol. The van der Waals surface area contributed by atoms with Gasteiger partial charge >= 0.3 is 0 Å². The molecule has 0 aromatic heterocycles. The summed E-state index contributed by atoms with van der Waals surface area (Å²) in [6.45, 7) is 1.79. The molecule has 4 aromatic carbocycles. The molecule has 0 spiro atoms. The fourth-order valence-electron chi connectivity index (χ4n) is 4.87. The van der Waals surface area contributed by atoms with Gasteiger partial charge in [0.2, 0.25) is 0 Å². The molecule has 0 aliphatic heterocycles. The first-order valence-corrected chi connectivity index (χ1v) is 19.4. The van der Waals surface area contributed by atoms with Gasteiger partial charge in [-0.15, -0.1) is 0 Å². The summed E-state index contributed by atoms with van der Waals surface area (Å²) in [7, 11) is -5.36. The van der Waals surface area contributed by atoms with Gasteiger partial charge in [0.05, 0.1) is 35.1 Å². The predicted octanol–water partition coefficient (Wildman–Crippen LogP) is 3.72. The van der Waals surface area contributed by atoms with Gasteiger partial charge < -0.3 is 20.1 Å². The number of amides is 4. The number of hydrogen-bond acceptors (Lipinski definition) is 10. The van der Waals surface area contributed by atoms with E-state index in [0.29, 0.717) is 11.1 Å². The molecule has 0 radical (unpaired) electrons. The average Bonchev–Trinajstić information content (AvgIpc) is 4.10. The summed E-state index contributed by atoms with van der Waals surface area (Å²) in [6.07, 6.45) is 3.86. The quantitative estimate of drug-likeness (QED) is 0.165. The molecule has 14 nitrogen and oxygen atoms in total. The Labute approximate surface area is 307 Å². The van der Waals surface area contributed by atoms with Gasteiger partial charge in [0.15, 0.2) is 0 Å². The van der Waals surface area contributed by atoms with Crippen LogP contribution < -0.4 is 29.6 Å². The minimum atomic E-state index is -4.09. The van der Waals surface area contributed by atoms with Crippen LogP contribution in [-0.2, 0) is 20.0 Å². The van der Waals surface area contributed by atoms with Crippen LogP contribution in [0.15, 0.2) is 101 Å². The van der Waals surface area contributed by atoms with E-state index in [1.807, 2.05) is 9.44 Å². The molecule has 2 saturated carbocycles. The summed E-state index contributed by atoms with van der Waals surface area (Å²) in [5, 5.41) is 5.65. The smallest absolute Gasteiger partial charge is 0.268 e. The van der Waals surface area contributed by atoms with Crippen LogP contribution in [0.3, 0.4) is 0 Å². The zero-order valence-electron chi connectivity index (χ0n) is 29.0. The van der Waals surface area contributed by atoms with E-state index >= 15 is 0 Å². The van der Waals surface area contributed by atoms with Crippen molar-refractivity contribution in [1.82, 2.24) is 20.1 Å². The highest BCUT2D eigenvalue weighted by atomic mass is 32.2. The maximum Gasteiger partial charge on any atom is 0.268 e. The first-order valence-electron chi connectivity index (χ1n) is 16.4. The molecule has 2 aliphatic carbocycles. The van der Waals surface area contributed by atoms with E-state index in [1.165, 1.54) is 68.8 Å². The molecule has 0 unspecified atom stereocenters. The second kappa shape index (κ2) is 16.3. The van der Waals surface area contributed by atoms with Crippen LogP contribution in [0.1, 0.15) is 72.7 Å². The molecule has 2 aliphatic rings. The standard InChI is InChI=1S/C19H20N2O5S.C18H18N2O5S/c1-12-3-10-17(26-2)16(11-12)19(23)21-27(24,25)15-8-4-13(5-9-15)18(22)20-14-6-7-14;1-25-16-5-3-2-4-15(16)18(22)20-26(23,24)14-10-6-12(7-11-14)17(21)19-13-8-9-13/h3-5,8-11,14H,6-7H2,1-2H3,(H,20,22)(H,21,23);2-7,10-11,13H,8-9H2,1H3,(H,19,21)(H,20,22). The Morgan fingerprint density at radius 2 is 0.962 bits per heavy atom. The number of hydrogen-bond donors (Lipinski definition) is 4. The highest BCUT2D eigenvalue weighted by Crippen LogP contribution is 2.23. The maximum absolute atomic E-state index is 12.5. The number of aryl methyl sites for hydroxylation is 1. The van der Waals surface area contributed by atoms with Crippen molar-refractivity contribution in [3.05, 3.63) is 119 Å². The number of carbonyl (C=O) groups excluding carboxylic acids is 4. The molecule has 53 heavy (non-hydrogen) atoms. The first kappa shape index (κ1) is 38.5. The van der Waals surface area contributed by atoms with E-state index in [1.54, 1.807) is 43.3 Å². The fourth-order valence-corrected chi connectivity index (χ4v) is 6.80. The summed E-state index contributed by atoms with van der Waals surface area (Å²) in [6, 6.07) is 22.5. The third-order valence-electron chi connectivity index (χ3n) is 8.08. The molecule has 0 heterocycles. The van der Waals surface area contributed by atoms with Crippen molar-refractivity contribution in [3.63, 3.8) is 0 Å². The van der Waals surface area contributed by atoms with Crippen LogP contribution in [0, 0.1) is 6.92 Å². The van der Waals surface area contributed by atoms with Crippen LogP contribution in [-0.4, -0.2) is 66.8 Å². The maximum atomic E-state index is 12.5. The normalized spacial score (nSPS) is 13.7. The van der Waals surface area contributed by atoms with Gasteiger partial charge in [-0.05, 0) is 105 Å². The van der Waals surface area contributed by atoms with Crippen molar-refractivity contribution < 1.29 is 45.5 Å². The molecule has 0 saturated heterocycles. The summed E-state index contributed by atoms with van der Waals surface area (Å²) < 4.78 is 64.0. The zero-order chi connectivity index (χ0) is 38.3. The molecule has 4 amide bonds. The van der Waals surface area contributed by atoms with Crippen molar-refractivity contribution >= 4 is 43.7 Å². The number of para-hydroxylation sites is 1. The topological polar surface area (TPSA) is 203 Å². The van der Waals surface area contributed by atoms with E-state index < -0.39 is 31.9 Å². The Morgan fingerprint density at radius 1 is 0.547 bits per heavy atom. The summed E-state index contributed by atoms with van der Waals surface area (Å²) in [5.41, 5.74) is 1.77. The molecule has 4 N–H and O–H groups in total. The molecule has 2 fully saturated rings. The van der Waals surface area contributed by atoms with Crippen LogP contribution in [0.5, 0.6) is 11.5 Å². The number of methoxy groups -OCH3 is 2. The minimum Gasteiger partial charge on any atom is -0.496 e. The Balaban J connectivity index is 0.000000204. The van der Waals surface area contributed by atoms with Crippen LogP contribution in [0.2, 0.25) is 0 Å². The number of carbonyl (C=O) groups is 4. The lowest BCUT2D eigenvalue weighted by Crippen LogP contribution is -2.31. The van der Waals surface area contributed by atoms with Gasteiger partial charge in [-0.2, -0.15) is 0 Å². The third-order valence-corrected chi connectivity index (χ3v) is 10.8. The van der Waals surface area contributed by atoms with Crippen molar-refractivity contribution in [2.24, 2.45) is 0 Å². The lowest BCUT2D eigenvalue weighted by Gasteiger charge is -2.11. The number of nitrogens with one attached hydrogen (secondary N) is 4. The Bertz CT molecular complexity index is 2230. The fraction of sp³-hybridized carbons (Fsp3) is 0.243. The van der Waals surface area contributed by atoms with Gasteiger partial charge in [0.25, 0.3) is 43.7 Å². The number of sulfonamides is 2. The van der Waals surface area contributed by atoms with Crippen molar-refractivity contribution in [1.29, 1.82) is 0 Å². The largest absolute Gasteiger partial charge is 0.496 e. The summed E-state index contributed by atoms with van der Waals surface area (Å²) in [4.78, 5) is 48.4. The second-order valence-electron chi connectivity index (χ2n) is 12.3. The minimum absolute atomic E-state index is 0.106. The van der Waals surface area contributed by atoms with E-state index in [4.69, 9.17) is 9.47 Å². The van der Waals surface area contributed by atoms with E-state index in [9.17, 15) is 36.0 Å². The molecule has 0 atom stereocenters. The lowest BCUT2D eigenvalue weighted by molar-refractivity contribution is 0.0942. The molecule has 0 bridgehead atoms. The number of rotatable bonds is 12. The van der Waals surface area contributed by atoms with E-state index in [2.05, 4.69) is 10.6 Å². The van der Waals surface area contributed by atoms with Crippen molar-refractivity contribution in [2.45, 2.75) is 54.5 Å². The highest BCUT2D eigenvalue weighted by molar-refractivity contribution is 7.90. The van der Waals surface area contributed by atoms with Crippen LogP contribution in [0.25, 0.3) is 0 Å². The number of benzene rings is 4. The summed E-state index contributed by atoms with van der Waals surface area (Å²) >= 11 is 0. The average molecular weight is 763 g/mol. The molecular formula is C37H38N4O10S2. The van der Waals surface area contributed by atoms with Crippen molar-refractivity contribution in [2.75, 3.05) is 14.2 Å². The third kappa shape index (κ3) is 10.2. The van der Waals surface area contributed by atoms with Crippen molar-refractivity contribution in [3.8, 4) is 11.5 Å². The van der Waals surface area contributed by atoms with Gasteiger partial charge in [-0.3, -0.25) is 19.2 Å². The lowest BCUT2D eigenvalue weighted by atomic mass is 10.1. The van der Waals surface area contributed by atoms with Crippen LogP contribution in [0.4, 0.5) is 0 Å². The van der Waals surface area contributed by atoms with Gasteiger partial charge in [0.1, 0.15) is 11.5 Å². The monoisotopic (exact) mass is 762 g/mol. The Morgan fingerprint density at radius 3 is 1.40 bits per heavy atom. The number of ether oxygens (including phenoxy) is 2. The zero-order valence-corrected chi connectivity index (χ0v) is 30.7. The first-order chi connectivity index (χ1) is 25.2. The molecule has 16 heteroatoms. The van der Waals surface area contributed by atoms with E-state index in [0.717, 1.165) is 31.2 Å². The SMILES string of the molecule is COc1ccc(C)cc1C(=O)NS(=O)(=O)c1ccc(C(=O)NC2CC2)cc1.COc1ccccc1C(=O)NS(=O)(=O)c1ccc(C(=O)NC2CC2)cc1. The van der Waals surface area contributed by atoms with Gasteiger partial charge in [-0.1, -0.05) is 23.8 Å². The molecule has 6 rings (SSSR count). The second-order valence-corrected chi connectivity index (χ2v) is 15.7. The molecular weight excluding hydrogens is 725 g/mol. The van der Waals surface area contributed by atoms with Gasteiger partial charge in [-0.25, -0.2) is 26.3 Å². The molecule has 278 valence electrons. The summed E-state index contributed by atoms with van der Waals surface area (Å²) in [5.74, 6) is -1.51. The van der Waals surface area contributed by atoms with E-state index in [-0.39, 0.29) is 56.3 Å². The molecule has 4 aromatic rings.